The van der Waals surface area contributed by atoms with Gasteiger partial charge in [0.2, 0.25) is 0 Å². The van der Waals surface area contributed by atoms with Crippen molar-refractivity contribution in [3.8, 4) is 10.4 Å². The van der Waals surface area contributed by atoms with E-state index in [1.807, 2.05) is 19.9 Å². The van der Waals surface area contributed by atoms with E-state index < -0.39 is 15.8 Å². The second-order valence-corrected chi connectivity index (χ2v) is 13.7. The van der Waals surface area contributed by atoms with Crippen LogP contribution in [0.25, 0.3) is 10.4 Å². The minimum atomic E-state index is -3.03. The molecule has 2 saturated carbocycles. The third-order valence-electron chi connectivity index (χ3n) is 6.42. The Labute approximate surface area is 222 Å². The van der Waals surface area contributed by atoms with Gasteiger partial charge in [-0.25, -0.2) is 23.6 Å². The number of alkyl carbamates (subject to hydrolysis) is 1. The number of hydrogen-bond donors (Lipinski definition) is 3. The van der Waals surface area contributed by atoms with Crippen LogP contribution in [0.5, 0.6) is 0 Å². The molecule has 0 saturated heterocycles. The first-order valence-electron chi connectivity index (χ1n) is 12.9. The molecule has 11 heteroatoms. The summed E-state index contributed by atoms with van der Waals surface area (Å²) in [5.74, 6) is 0.289. The lowest BCUT2D eigenvalue weighted by atomic mass is 9.86. The van der Waals surface area contributed by atoms with Crippen LogP contribution in [-0.4, -0.2) is 44.9 Å². The second kappa shape index (κ2) is 11.4. The second-order valence-electron chi connectivity index (χ2n) is 10.3. The van der Waals surface area contributed by atoms with Crippen molar-refractivity contribution in [1.29, 1.82) is 4.78 Å². The lowest BCUT2D eigenvalue weighted by molar-refractivity contribution is 0.109. The highest BCUT2D eigenvalue weighted by atomic mass is 32.2. The van der Waals surface area contributed by atoms with Gasteiger partial charge in [0.1, 0.15) is 0 Å². The van der Waals surface area contributed by atoms with Crippen LogP contribution in [-0.2, 0) is 19.2 Å². The Balaban J connectivity index is 1.50. The average molecular weight is 549 g/mol. The van der Waals surface area contributed by atoms with Crippen molar-refractivity contribution in [1.82, 2.24) is 10.3 Å². The smallest absolute Gasteiger partial charge is 0.411 e. The van der Waals surface area contributed by atoms with Crippen LogP contribution in [0.1, 0.15) is 77.1 Å². The third kappa shape index (κ3) is 7.01. The van der Waals surface area contributed by atoms with Crippen molar-refractivity contribution >= 4 is 38.9 Å². The number of ether oxygens (including phenoxy) is 2. The Morgan fingerprint density at radius 2 is 1.68 bits per heavy atom. The molecule has 1 aromatic heterocycles. The van der Waals surface area contributed by atoms with Gasteiger partial charge in [-0.1, -0.05) is 6.07 Å². The molecule has 1 heterocycles. The van der Waals surface area contributed by atoms with Crippen molar-refractivity contribution in [2.75, 3.05) is 5.32 Å². The Morgan fingerprint density at radius 1 is 1.03 bits per heavy atom. The maximum absolute atomic E-state index is 13.5. The molecule has 2 fully saturated rings. The van der Waals surface area contributed by atoms with Crippen molar-refractivity contribution < 1.29 is 23.3 Å². The molecule has 2 aromatic rings. The SMILES string of the molecule is CC(C)OC(=O)Nc1ccc(-c2cnc(C3CCC(NC(=O)OC(C)C)CC3)s2)c(S(=N)(=O)C2CC2)c1. The number of thiazole rings is 1. The maximum Gasteiger partial charge on any atom is 0.411 e. The molecule has 0 aliphatic heterocycles. The van der Waals surface area contributed by atoms with Crippen LogP contribution < -0.4 is 10.6 Å². The van der Waals surface area contributed by atoms with Crippen molar-refractivity contribution in [3.05, 3.63) is 29.4 Å². The molecule has 0 spiro atoms. The van der Waals surface area contributed by atoms with E-state index in [1.54, 1.807) is 43.5 Å². The van der Waals surface area contributed by atoms with E-state index in [4.69, 9.17) is 19.2 Å². The van der Waals surface area contributed by atoms with Gasteiger partial charge < -0.3 is 14.8 Å². The first-order chi connectivity index (χ1) is 17.5. The molecule has 0 bridgehead atoms. The van der Waals surface area contributed by atoms with Crippen molar-refractivity contribution in [2.45, 2.75) is 101 Å². The van der Waals surface area contributed by atoms with E-state index in [2.05, 4.69) is 10.6 Å². The fraction of sp³-hybridized carbons (Fsp3) is 0.577. The van der Waals surface area contributed by atoms with Crippen molar-refractivity contribution in [2.24, 2.45) is 0 Å². The number of amides is 2. The van der Waals surface area contributed by atoms with Gasteiger partial charge in [-0.05, 0) is 78.4 Å². The van der Waals surface area contributed by atoms with Gasteiger partial charge in [-0.15, -0.1) is 11.3 Å². The van der Waals surface area contributed by atoms with Gasteiger partial charge >= 0.3 is 12.2 Å². The number of nitrogens with zero attached hydrogens (tertiary/aromatic N) is 1. The zero-order valence-corrected chi connectivity index (χ0v) is 23.4. The molecular weight excluding hydrogens is 512 g/mol. The summed E-state index contributed by atoms with van der Waals surface area (Å²) in [6.07, 6.45) is 5.50. The summed E-state index contributed by atoms with van der Waals surface area (Å²) in [7, 11) is -3.03. The molecule has 1 unspecified atom stereocenters. The van der Waals surface area contributed by atoms with Gasteiger partial charge in [0.25, 0.3) is 0 Å². The Bertz CT molecular complexity index is 1230. The van der Waals surface area contributed by atoms with E-state index in [0.717, 1.165) is 54.0 Å². The predicted octanol–water partition coefficient (Wildman–Crippen LogP) is 6.50. The first kappa shape index (κ1) is 27.4. The van der Waals surface area contributed by atoms with Crippen LogP contribution in [0.4, 0.5) is 15.3 Å². The van der Waals surface area contributed by atoms with E-state index >= 15 is 0 Å². The summed E-state index contributed by atoms with van der Waals surface area (Å²) in [4.78, 5) is 30.0. The van der Waals surface area contributed by atoms with Gasteiger partial charge in [0.15, 0.2) is 0 Å². The van der Waals surface area contributed by atoms with Gasteiger partial charge in [-0.2, -0.15) is 0 Å². The molecule has 37 heavy (non-hydrogen) atoms. The normalized spacial score (nSPS) is 21.4. The Kier molecular flexibility index (Phi) is 8.42. The first-order valence-corrected chi connectivity index (χ1v) is 15.3. The molecule has 4 rings (SSSR count). The zero-order valence-electron chi connectivity index (χ0n) is 21.7. The molecule has 1 aromatic carbocycles. The van der Waals surface area contributed by atoms with Crippen molar-refractivity contribution in [3.63, 3.8) is 0 Å². The number of anilines is 1. The average Bonchev–Trinajstić information content (AvgIpc) is 3.57. The van der Waals surface area contributed by atoms with Crippen LogP contribution in [0, 0.1) is 4.78 Å². The summed E-state index contributed by atoms with van der Waals surface area (Å²) in [5.41, 5.74) is 1.18. The number of hydrogen-bond acceptors (Lipinski definition) is 8. The quantitative estimate of drug-likeness (QED) is 0.345. The minimum absolute atomic E-state index is 0.0995. The topological polar surface area (TPSA) is 130 Å². The lowest BCUT2D eigenvalue weighted by Gasteiger charge is -2.28. The number of nitrogens with one attached hydrogen (secondary N) is 3. The number of aromatic nitrogens is 1. The summed E-state index contributed by atoms with van der Waals surface area (Å²) >= 11 is 1.56. The molecule has 0 radical (unpaired) electrons. The number of carbonyl (C=O) groups excluding carboxylic acids is 2. The molecule has 1 atom stereocenters. The molecular formula is C26H36N4O5S2. The van der Waals surface area contributed by atoms with E-state index in [1.165, 1.54) is 0 Å². The zero-order chi connectivity index (χ0) is 26.7. The van der Waals surface area contributed by atoms with Gasteiger partial charge in [0.05, 0.1) is 36.7 Å². The molecule has 3 N–H and O–H groups in total. The summed E-state index contributed by atoms with van der Waals surface area (Å²) in [6.45, 7) is 7.19. The maximum atomic E-state index is 13.5. The minimum Gasteiger partial charge on any atom is -0.447 e. The van der Waals surface area contributed by atoms with Crippen LogP contribution in [0.2, 0.25) is 0 Å². The third-order valence-corrected chi connectivity index (χ3v) is 10.0. The van der Waals surface area contributed by atoms with E-state index in [0.29, 0.717) is 10.6 Å². The van der Waals surface area contributed by atoms with Crippen LogP contribution in [0.3, 0.4) is 0 Å². The lowest BCUT2D eigenvalue weighted by Crippen LogP contribution is -2.38. The number of rotatable bonds is 8. The standard InChI is InChI=1S/C26H36N4O5S2/c1-15(2)34-25(31)29-18-7-5-17(6-8-18)24-28-14-22(36-24)21-12-9-19(30-26(32)35-16(3)4)13-23(21)37(27,33)20-10-11-20/h9,12-18,20,27H,5-8,10-11H2,1-4H3,(H,29,31)(H,30,32). The summed E-state index contributed by atoms with van der Waals surface area (Å²) in [6, 6.07) is 5.31. The highest BCUT2D eigenvalue weighted by molar-refractivity contribution is 7.93. The largest absolute Gasteiger partial charge is 0.447 e. The Morgan fingerprint density at radius 3 is 2.30 bits per heavy atom. The van der Waals surface area contributed by atoms with Crippen LogP contribution in [0.15, 0.2) is 29.3 Å². The summed E-state index contributed by atoms with van der Waals surface area (Å²) in [5, 5.41) is 6.48. The molecule has 9 nitrogen and oxygen atoms in total. The fourth-order valence-corrected chi connectivity index (χ4v) is 7.65. The van der Waals surface area contributed by atoms with Gasteiger partial charge in [0, 0.05) is 34.7 Å². The Hall–Kier alpha value is -2.66. The van der Waals surface area contributed by atoms with Gasteiger partial charge in [-0.3, -0.25) is 5.32 Å². The van der Waals surface area contributed by atoms with Crippen LogP contribution >= 0.6 is 11.3 Å². The summed E-state index contributed by atoms with van der Waals surface area (Å²) < 4.78 is 32.6. The molecule has 2 aliphatic rings. The van der Waals surface area contributed by atoms with E-state index in [-0.39, 0.29) is 35.5 Å². The highest BCUT2D eigenvalue weighted by Gasteiger charge is 2.36. The molecule has 202 valence electrons. The highest BCUT2D eigenvalue weighted by Crippen LogP contribution is 2.43. The predicted molar refractivity (Wildman–Crippen MR) is 145 cm³/mol. The van der Waals surface area contributed by atoms with E-state index in [9.17, 15) is 13.8 Å². The number of carbonyl (C=O) groups is 2. The molecule has 2 aliphatic carbocycles. The fourth-order valence-electron chi connectivity index (χ4n) is 4.50. The number of benzene rings is 1. The monoisotopic (exact) mass is 548 g/mol. The molecule has 2 amide bonds.